The van der Waals surface area contributed by atoms with Crippen molar-refractivity contribution in [3.05, 3.63) is 108 Å². The third kappa shape index (κ3) is 2.69. The minimum absolute atomic E-state index is 0.0371. The lowest BCUT2D eigenvalue weighted by Crippen LogP contribution is -2.50. The van der Waals surface area contributed by atoms with Crippen LogP contribution in [-0.4, -0.2) is 23.7 Å². The molecule has 0 saturated carbocycles. The van der Waals surface area contributed by atoms with E-state index in [1.807, 2.05) is 54.6 Å². The average Bonchev–Trinajstić information content (AvgIpc) is 3.21. The van der Waals surface area contributed by atoms with Crippen molar-refractivity contribution in [1.29, 1.82) is 0 Å². The molecule has 0 spiro atoms. The molecule has 1 N–H and O–H groups in total. The van der Waals surface area contributed by atoms with Crippen molar-refractivity contribution in [3.8, 4) is 0 Å². The topological polar surface area (TPSA) is 57.3 Å². The van der Waals surface area contributed by atoms with Gasteiger partial charge in [-0.15, -0.1) is 5.11 Å². The monoisotopic (exact) mass is 355 g/mol. The van der Waals surface area contributed by atoms with Crippen LogP contribution in [0, 0.1) is 0 Å². The highest BCUT2D eigenvalue weighted by atomic mass is 16.3. The van der Waals surface area contributed by atoms with Gasteiger partial charge in [0.25, 0.3) is 0 Å². The normalized spacial score (nSPS) is 18.7. The second kappa shape index (κ2) is 7.25. The van der Waals surface area contributed by atoms with Crippen molar-refractivity contribution in [2.24, 2.45) is 15.2 Å². The molecule has 0 radical (unpaired) electrons. The Morgan fingerprint density at radius 2 is 1.15 bits per heavy atom. The van der Waals surface area contributed by atoms with Crippen LogP contribution >= 0.6 is 0 Å². The summed E-state index contributed by atoms with van der Waals surface area (Å²) in [6.07, 6.45) is 1.87. The number of benzene rings is 3. The first kappa shape index (κ1) is 17.3. The fourth-order valence-electron chi connectivity index (χ4n) is 4.16. The molecular formula is C23H21N3O. The molecule has 0 bridgehead atoms. The maximum Gasteiger partial charge on any atom is 0.192 e. The first-order valence-corrected chi connectivity index (χ1v) is 9.07. The molecule has 1 aliphatic heterocycles. The molecule has 3 aromatic carbocycles. The van der Waals surface area contributed by atoms with Crippen LogP contribution in [0.15, 0.2) is 106 Å². The predicted octanol–water partition coefficient (Wildman–Crippen LogP) is 4.59. The number of aliphatic imine (C=N–C) groups is 1. The van der Waals surface area contributed by atoms with Crippen molar-refractivity contribution in [1.82, 2.24) is 0 Å². The van der Waals surface area contributed by atoms with Gasteiger partial charge in [0.2, 0.25) is 0 Å². The van der Waals surface area contributed by atoms with E-state index >= 15 is 0 Å². The van der Waals surface area contributed by atoms with Crippen molar-refractivity contribution >= 4 is 6.34 Å². The van der Waals surface area contributed by atoms with E-state index in [1.54, 1.807) is 0 Å². The highest BCUT2D eigenvalue weighted by Gasteiger charge is 2.56. The van der Waals surface area contributed by atoms with Crippen LogP contribution in [0.25, 0.3) is 0 Å². The molecule has 0 amide bonds. The number of nitrogens with zero attached hydrogens (tertiary/aromatic N) is 3. The molecule has 1 unspecified atom stereocenters. The highest BCUT2D eigenvalue weighted by molar-refractivity contribution is 5.62. The summed E-state index contributed by atoms with van der Waals surface area (Å²) in [5.74, 6) is 0. The number of aliphatic hydroxyl groups is 1. The van der Waals surface area contributed by atoms with Gasteiger partial charge in [-0.05, 0) is 16.7 Å². The second-order valence-electron chi connectivity index (χ2n) is 6.60. The number of rotatable bonds is 6. The minimum Gasteiger partial charge on any atom is -0.396 e. The van der Waals surface area contributed by atoms with Crippen LogP contribution in [0.4, 0.5) is 0 Å². The van der Waals surface area contributed by atoms with E-state index < -0.39 is 11.1 Å². The van der Waals surface area contributed by atoms with E-state index in [9.17, 15) is 5.11 Å². The summed E-state index contributed by atoms with van der Waals surface area (Å²) >= 11 is 0. The lowest BCUT2D eigenvalue weighted by Gasteiger charge is -2.45. The molecular weight excluding hydrogens is 334 g/mol. The van der Waals surface area contributed by atoms with Crippen molar-refractivity contribution in [2.75, 3.05) is 6.61 Å². The summed E-state index contributed by atoms with van der Waals surface area (Å²) in [7, 11) is 0. The van der Waals surface area contributed by atoms with E-state index in [0.29, 0.717) is 6.42 Å². The molecule has 4 rings (SSSR count). The van der Waals surface area contributed by atoms with Gasteiger partial charge in [0, 0.05) is 13.0 Å². The smallest absolute Gasteiger partial charge is 0.192 e. The maximum absolute atomic E-state index is 9.92. The van der Waals surface area contributed by atoms with E-state index in [2.05, 4.69) is 46.6 Å². The molecule has 1 aliphatic rings. The number of hydrogen-bond acceptors (Lipinski definition) is 4. The zero-order chi connectivity index (χ0) is 18.6. The van der Waals surface area contributed by atoms with Gasteiger partial charge in [-0.3, -0.25) is 0 Å². The Kier molecular flexibility index (Phi) is 4.65. The van der Waals surface area contributed by atoms with Gasteiger partial charge in [-0.25, -0.2) is 4.99 Å². The van der Waals surface area contributed by atoms with Gasteiger partial charge in [-0.2, -0.15) is 5.11 Å². The molecule has 134 valence electrons. The standard InChI is InChI=1S/C23H21N3O/c27-17-16-22(24-18-25-26-22)23(19-10-4-1-5-11-19,20-12-6-2-7-13-20)21-14-8-3-9-15-21/h1-15,18,27H,16-17H2. The van der Waals surface area contributed by atoms with Crippen molar-refractivity contribution < 1.29 is 5.11 Å². The van der Waals surface area contributed by atoms with Gasteiger partial charge >= 0.3 is 0 Å². The zero-order valence-corrected chi connectivity index (χ0v) is 14.9. The van der Waals surface area contributed by atoms with Crippen LogP contribution in [0.2, 0.25) is 0 Å². The van der Waals surface area contributed by atoms with Crippen LogP contribution in [-0.2, 0) is 5.41 Å². The van der Waals surface area contributed by atoms with Crippen LogP contribution in [0.1, 0.15) is 23.1 Å². The Labute approximate surface area is 159 Å². The Morgan fingerprint density at radius 3 is 1.48 bits per heavy atom. The average molecular weight is 355 g/mol. The quantitative estimate of drug-likeness (QED) is 0.646. The third-order valence-electron chi connectivity index (χ3n) is 5.23. The van der Waals surface area contributed by atoms with Gasteiger partial charge in [-0.1, -0.05) is 91.0 Å². The van der Waals surface area contributed by atoms with Gasteiger partial charge in [0.15, 0.2) is 5.66 Å². The van der Waals surface area contributed by atoms with Crippen molar-refractivity contribution in [2.45, 2.75) is 17.5 Å². The lowest BCUT2D eigenvalue weighted by molar-refractivity contribution is 0.205. The van der Waals surface area contributed by atoms with E-state index in [-0.39, 0.29) is 6.61 Å². The molecule has 0 fully saturated rings. The molecule has 27 heavy (non-hydrogen) atoms. The van der Waals surface area contributed by atoms with E-state index in [4.69, 9.17) is 4.99 Å². The molecule has 0 aliphatic carbocycles. The lowest BCUT2D eigenvalue weighted by atomic mass is 9.61. The molecule has 0 aromatic heterocycles. The molecule has 0 saturated heterocycles. The fraction of sp³-hybridized carbons (Fsp3) is 0.174. The van der Waals surface area contributed by atoms with Gasteiger partial charge in [0.05, 0.1) is 5.41 Å². The van der Waals surface area contributed by atoms with Gasteiger partial charge < -0.3 is 5.11 Å². The number of aliphatic hydroxyl groups excluding tert-OH is 1. The first-order chi connectivity index (χ1) is 13.3. The largest absolute Gasteiger partial charge is 0.396 e. The second-order valence-corrected chi connectivity index (χ2v) is 6.60. The molecule has 3 aromatic rings. The molecule has 4 heteroatoms. The summed E-state index contributed by atoms with van der Waals surface area (Å²) in [6.45, 7) is -0.0371. The third-order valence-corrected chi connectivity index (χ3v) is 5.23. The number of hydrogen-bond donors (Lipinski definition) is 1. The first-order valence-electron chi connectivity index (χ1n) is 9.07. The summed E-state index contributed by atoms with van der Waals surface area (Å²) in [6, 6.07) is 30.8. The maximum atomic E-state index is 9.92. The van der Waals surface area contributed by atoms with E-state index in [0.717, 1.165) is 16.7 Å². The summed E-state index contributed by atoms with van der Waals surface area (Å²) in [5, 5.41) is 18.6. The number of azo groups is 1. The minimum atomic E-state index is -0.953. The summed E-state index contributed by atoms with van der Waals surface area (Å²) in [5.41, 5.74) is 1.53. The highest BCUT2D eigenvalue weighted by Crippen LogP contribution is 2.52. The van der Waals surface area contributed by atoms with Crippen molar-refractivity contribution in [3.63, 3.8) is 0 Å². The predicted molar refractivity (Wildman–Crippen MR) is 107 cm³/mol. The Bertz CT molecular complexity index is 828. The van der Waals surface area contributed by atoms with Crippen LogP contribution < -0.4 is 0 Å². The molecule has 1 heterocycles. The Balaban J connectivity index is 2.14. The molecule has 1 atom stereocenters. The summed E-state index contributed by atoms with van der Waals surface area (Å²) < 4.78 is 0. The fourth-order valence-corrected chi connectivity index (χ4v) is 4.16. The van der Waals surface area contributed by atoms with Crippen LogP contribution in [0.5, 0.6) is 0 Å². The van der Waals surface area contributed by atoms with Crippen LogP contribution in [0.3, 0.4) is 0 Å². The van der Waals surface area contributed by atoms with Gasteiger partial charge in [0.1, 0.15) is 6.34 Å². The Hall–Kier alpha value is -3.11. The SMILES string of the molecule is OCCC1(C(c2ccccc2)(c2ccccc2)c2ccccc2)N=CN=N1. The Morgan fingerprint density at radius 1 is 0.704 bits per heavy atom. The van der Waals surface area contributed by atoms with E-state index in [1.165, 1.54) is 6.34 Å². The zero-order valence-electron chi connectivity index (χ0n) is 14.9. The molecule has 4 nitrogen and oxygen atoms in total. The summed E-state index contributed by atoms with van der Waals surface area (Å²) in [4.78, 5) is 4.74.